The molecule has 0 saturated heterocycles. The van der Waals surface area contributed by atoms with Crippen LogP contribution in [0.3, 0.4) is 0 Å². The maximum absolute atomic E-state index is 12.9. The molecule has 0 radical (unpaired) electrons. The van der Waals surface area contributed by atoms with Gasteiger partial charge in [-0.05, 0) is 29.3 Å². The van der Waals surface area contributed by atoms with E-state index in [9.17, 15) is 12.8 Å². The molecule has 0 aliphatic carbocycles. The van der Waals surface area contributed by atoms with Gasteiger partial charge in [0.05, 0.1) is 4.90 Å². The summed E-state index contributed by atoms with van der Waals surface area (Å²) in [4.78, 5) is 0.199. The number of nitrogens with zero attached hydrogens (tertiary/aromatic N) is 1. The monoisotopic (exact) mass is 327 g/mol. The summed E-state index contributed by atoms with van der Waals surface area (Å²) >= 11 is 5.80. The lowest BCUT2D eigenvalue weighted by molar-refractivity contribution is 0.466. The molecule has 2 aromatic carbocycles. The van der Waals surface area contributed by atoms with Gasteiger partial charge in [0.15, 0.2) is 0 Å². The Bertz CT molecular complexity index is 717. The summed E-state index contributed by atoms with van der Waals surface area (Å²) in [6.45, 7) is 0.166. The van der Waals surface area contributed by atoms with Crippen molar-refractivity contribution in [3.63, 3.8) is 0 Å². The Balaban J connectivity index is 2.28. The third kappa shape index (κ3) is 3.61. The van der Waals surface area contributed by atoms with Crippen molar-refractivity contribution in [2.45, 2.75) is 17.3 Å². The van der Waals surface area contributed by atoms with E-state index in [-0.39, 0.29) is 23.1 Å². The molecule has 0 amide bonds. The smallest absolute Gasteiger partial charge is 0.207 e. The van der Waals surface area contributed by atoms with Crippen LogP contribution in [0.4, 0.5) is 4.39 Å². The van der Waals surface area contributed by atoms with E-state index in [2.05, 4.69) is 0 Å². The Hall–Kier alpha value is -1.43. The molecule has 0 atom stereocenters. The Labute approximate surface area is 129 Å². The molecule has 0 aliphatic rings. The summed E-state index contributed by atoms with van der Waals surface area (Å²) < 4.78 is 39.3. The highest BCUT2D eigenvalue weighted by Gasteiger charge is 2.23. The highest BCUT2D eigenvalue weighted by atomic mass is 35.5. The number of rotatable bonds is 5. The first-order valence-corrected chi connectivity index (χ1v) is 8.27. The van der Waals surface area contributed by atoms with Crippen molar-refractivity contribution in [1.29, 1.82) is 0 Å². The minimum absolute atomic E-state index is 0.125. The first-order valence-electron chi connectivity index (χ1n) is 6.30. The molecule has 6 heteroatoms. The van der Waals surface area contributed by atoms with E-state index >= 15 is 0 Å². The van der Waals surface area contributed by atoms with Crippen LogP contribution in [0.25, 0.3) is 0 Å². The molecule has 2 rings (SSSR count). The molecule has 0 unspecified atom stereocenters. The van der Waals surface area contributed by atoms with Gasteiger partial charge in [-0.3, -0.25) is 0 Å². The lowest BCUT2D eigenvalue weighted by atomic mass is 10.2. The third-order valence-corrected chi connectivity index (χ3v) is 5.32. The lowest BCUT2D eigenvalue weighted by Crippen LogP contribution is -2.27. The molecule has 3 nitrogen and oxygen atoms in total. The van der Waals surface area contributed by atoms with E-state index in [0.717, 1.165) is 0 Å². The SMILES string of the molecule is CN(Cc1ccc(F)cc1)S(=O)(=O)c1ccccc1CCl. The van der Waals surface area contributed by atoms with Gasteiger partial charge in [0.2, 0.25) is 10.0 Å². The van der Waals surface area contributed by atoms with Crippen LogP contribution >= 0.6 is 11.6 Å². The second-order valence-corrected chi connectivity index (χ2v) is 6.91. The van der Waals surface area contributed by atoms with Crippen molar-refractivity contribution in [3.05, 3.63) is 65.5 Å². The van der Waals surface area contributed by atoms with E-state index in [4.69, 9.17) is 11.6 Å². The van der Waals surface area contributed by atoms with E-state index in [1.54, 1.807) is 30.3 Å². The molecule has 112 valence electrons. The molecule has 21 heavy (non-hydrogen) atoms. The van der Waals surface area contributed by atoms with Crippen molar-refractivity contribution < 1.29 is 12.8 Å². The Morgan fingerprint density at radius 3 is 2.33 bits per heavy atom. The highest BCUT2D eigenvalue weighted by Crippen LogP contribution is 2.22. The fourth-order valence-corrected chi connectivity index (χ4v) is 3.65. The van der Waals surface area contributed by atoms with Gasteiger partial charge in [-0.25, -0.2) is 12.8 Å². The molecule has 2 aromatic rings. The fourth-order valence-electron chi connectivity index (χ4n) is 1.97. The number of benzene rings is 2. The van der Waals surface area contributed by atoms with E-state index < -0.39 is 10.0 Å². The zero-order chi connectivity index (χ0) is 15.5. The Morgan fingerprint density at radius 1 is 1.10 bits per heavy atom. The second kappa shape index (κ2) is 6.56. The molecule has 0 bridgehead atoms. The average Bonchev–Trinajstić information content (AvgIpc) is 2.49. The summed E-state index contributed by atoms with van der Waals surface area (Å²) in [6.07, 6.45) is 0. The standard InChI is InChI=1S/C15H15ClFNO2S/c1-18(11-12-6-8-14(17)9-7-12)21(19,20)15-5-3-2-4-13(15)10-16/h2-9H,10-11H2,1H3. The number of sulfonamides is 1. The van der Waals surface area contributed by atoms with Gasteiger partial charge in [0.25, 0.3) is 0 Å². The van der Waals surface area contributed by atoms with Gasteiger partial charge in [-0.1, -0.05) is 30.3 Å². The zero-order valence-electron chi connectivity index (χ0n) is 11.5. The van der Waals surface area contributed by atoms with Crippen molar-refractivity contribution in [2.24, 2.45) is 0 Å². The van der Waals surface area contributed by atoms with Crippen molar-refractivity contribution in [1.82, 2.24) is 4.31 Å². The predicted molar refractivity (Wildman–Crippen MR) is 81.1 cm³/mol. The lowest BCUT2D eigenvalue weighted by Gasteiger charge is -2.19. The summed E-state index contributed by atoms with van der Waals surface area (Å²) in [7, 11) is -2.15. The topological polar surface area (TPSA) is 37.4 Å². The maximum atomic E-state index is 12.9. The van der Waals surface area contributed by atoms with Crippen LogP contribution in [0.1, 0.15) is 11.1 Å². The maximum Gasteiger partial charge on any atom is 0.243 e. The van der Waals surface area contributed by atoms with Gasteiger partial charge in [-0.15, -0.1) is 11.6 Å². The minimum atomic E-state index is -3.63. The van der Waals surface area contributed by atoms with Crippen LogP contribution in [-0.4, -0.2) is 19.8 Å². The Morgan fingerprint density at radius 2 is 1.71 bits per heavy atom. The molecule has 0 aliphatic heterocycles. The van der Waals surface area contributed by atoms with E-state index in [1.165, 1.54) is 29.6 Å². The van der Waals surface area contributed by atoms with Gasteiger partial charge in [0, 0.05) is 19.5 Å². The molecule has 0 spiro atoms. The van der Waals surface area contributed by atoms with Gasteiger partial charge in [-0.2, -0.15) is 4.31 Å². The number of alkyl halides is 1. The van der Waals surface area contributed by atoms with Crippen molar-refractivity contribution in [3.8, 4) is 0 Å². The summed E-state index contributed by atoms with van der Waals surface area (Å²) in [5, 5.41) is 0. The van der Waals surface area contributed by atoms with E-state index in [0.29, 0.717) is 11.1 Å². The molecular formula is C15H15ClFNO2S. The second-order valence-electron chi connectivity index (χ2n) is 4.63. The van der Waals surface area contributed by atoms with Crippen LogP contribution in [0.2, 0.25) is 0 Å². The van der Waals surface area contributed by atoms with Crippen LogP contribution in [0, 0.1) is 5.82 Å². The van der Waals surface area contributed by atoms with Crippen molar-refractivity contribution >= 4 is 21.6 Å². The van der Waals surface area contributed by atoms with Gasteiger partial charge < -0.3 is 0 Å². The molecular weight excluding hydrogens is 313 g/mol. The average molecular weight is 328 g/mol. The summed E-state index contributed by atoms with van der Waals surface area (Å²) in [5.41, 5.74) is 1.27. The first kappa shape index (κ1) is 15.9. The van der Waals surface area contributed by atoms with Crippen LogP contribution in [0.15, 0.2) is 53.4 Å². The normalized spacial score (nSPS) is 11.8. The van der Waals surface area contributed by atoms with E-state index in [1.807, 2.05) is 0 Å². The largest absolute Gasteiger partial charge is 0.243 e. The highest BCUT2D eigenvalue weighted by molar-refractivity contribution is 7.89. The Kier molecular flexibility index (Phi) is 4.98. The first-order chi connectivity index (χ1) is 9.95. The zero-order valence-corrected chi connectivity index (χ0v) is 13.0. The molecule has 0 saturated carbocycles. The van der Waals surface area contributed by atoms with Crippen LogP contribution in [0.5, 0.6) is 0 Å². The summed E-state index contributed by atoms with van der Waals surface area (Å²) in [6, 6.07) is 12.4. The van der Waals surface area contributed by atoms with Crippen molar-refractivity contribution in [2.75, 3.05) is 7.05 Å². The number of hydrogen-bond acceptors (Lipinski definition) is 2. The number of hydrogen-bond donors (Lipinski definition) is 0. The third-order valence-electron chi connectivity index (χ3n) is 3.12. The summed E-state index contributed by atoms with van der Waals surface area (Å²) in [5.74, 6) is -0.225. The quantitative estimate of drug-likeness (QED) is 0.789. The van der Waals surface area contributed by atoms with Gasteiger partial charge in [0.1, 0.15) is 5.82 Å². The molecule has 0 aromatic heterocycles. The predicted octanol–water partition coefficient (Wildman–Crippen LogP) is 3.39. The van der Waals surface area contributed by atoms with Crippen LogP contribution in [-0.2, 0) is 22.4 Å². The fraction of sp³-hybridized carbons (Fsp3) is 0.200. The number of halogens is 2. The molecule has 0 fully saturated rings. The molecule has 0 N–H and O–H groups in total. The minimum Gasteiger partial charge on any atom is -0.207 e. The van der Waals surface area contributed by atoms with Crippen LogP contribution < -0.4 is 0 Å². The van der Waals surface area contributed by atoms with Gasteiger partial charge >= 0.3 is 0 Å². The molecule has 0 heterocycles.